The molecule has 0 atom stereocenters. The standard InChI is InChI=1S/C17H16FN3O3S2/c1-11-19-15-8-7-14(9-16(15)25-11)26(23,24)21(2)10-17(22)20-13-5-3-12(18)4-6-13/h3-9H,10H2,1-2H3,(H,20,22). The number of anilines is 1. The minimum atomic E-state index is -3.82. The molecule has 1 aromatic heterocycles. The monoisotopic (exact) mass is 393 g/mol. The van der Waals surface area contributed by atoms with Gasteiger partial charge in [-0.1, -0.05) is 0 Å². The molecule has 1 heterocycles. The first-order chi connectivity index (χ1) is 12.3. The van der Waals surface area contributed by atoms with Gasteiger partial charge in [-0.25, -0.2) is 17.8 Å². The van der Waals surface area contributed by atoms with Crippen molar-refractivity contribution in [2.24, 2.45) is 0 Å². The Morgan fingerprint density at radius 3 is 2.62 bits per heavy atom. The normalized spacial score (nSPS) is 11.8. The molecular formula is C17H16FN3O3S2. The van der Waals surface area contributed by atoms with E-state index in [9.17, 15) is 17.6 Å². The Balaban J connectivity index is 1.74. The van der Waals surface area contributed by atoms with E-state index in [1.165, 1.54) is 48.7 Å². The van der Waals surface area contributed by atoms with Gasteiger partial charge in [-0.05, 0) is 49.4 Å². The molecule has 0 fully saturated rings. The Morgan fingerprint density at radius 2 is 1.92 bits per heavy atom. The number of hydrogen-bond donors (Lipinski definition) is 1. The molecule has 6 nitrogen and oxygen atoms in total. The lowest BCUT2D eigenvalue weighted by Gasteiger charge is -2.17. The van der Waals surface area contributed by atoms with Crippen LogP contribution in [0, 0.1) is 12.7 Å². The van der Waals surface area contributed by atoms with Crippen molar-refractivity contribution in [2.45, 2.75) is 11.8 Å². The van der Waals surface area contributed by atoms with Crippen molar-refractivity contribution < 1.29 is 17.6 Å². The highest BCUT2D eigenvalue weighted by atomic mass is 32.2. The summed E-state index contributed by atoms with van der Waals surface area (Å²) in [7, 11) is -2.49. The summed E-state index contributed by atoms with van der Waals surface area (Å²) in [6, 6.07) is 9.92. The van der Waals surface area contributed by atoms with E-state index in [4.69, 9.17) is 0 Å². The van der Waals surface area contributed by atoms with Crippen LogP contribution in [0.2, 0.25) is 0 Å². The second-order valence-corrected chi connectivity index (χ2v) is 8.96. The number of sulfonamides is 1. The van der Waals surface area contributed by atoms with Crippen molar-refractivity contribution >= 4 is 43.2 Å². The zero-order chi connectivity index (χ0) is 18.9. The molecule has 0 bridgehead atoms. The van der Waals surface area contributed by atoms with Crippen LogP contribution >= 0.6 is 11.3 Å². The van der Waals surface area contributed by atoms with Gasteiger partial charge in [-0.3, -0.25) is 4.79 Å². The minimum Gasteiger partial charge on any atom is -0.325 e. The van der Waals surface area contributed by atoms with E-state index in [1.54, 1.807) is 12.1 Å². The van der Waals surface area contributed by atoms with E-state index in [-0.39, 0.29) is 11.4 Å². The number of halogens is 1. The molecule has 1 N–H and O–H groups in total. The molecule has 0 saturated carbocycles. The molecule has 0 aliphatic rings. The highest BCUT2D eigenvalue weighted by molar-refractivity contribution is 7.89. The number of aromatic nitrogens is 1. The number of amides is 1. The van der Waals surface area contributed by atoms with Gasteiger partial charge in [0.15, 0.2) is 0 Å². The van der Waals surface area contributed by atoms with E-state index in [2.05, 4.69) is 10.3 Å². The molecule has 0 spiro atoms. The van der Waals surface area contributed by atoms with Gasteiger partial charge in [-0.15, -0.1) is 11.3 Å². The van der Waals surface area contributed by atoms with Crippen molar-refractivity contribution in [1.82, 2.24) is 9.29 Å². The number of carbonyl (C=O) groups excluding carboxylic acids is 1. The highest BCUT2D eigenvalue weighted by Crippen LogP contribution is 2.25. The molecule has 3 aromatic rings. The molecule has 3 rings (SSSR count). The molecule has 9 heteroatoms. The van der Waals surface area contributed by atoms with Gasteiger partial charge in [0.05, 0.1) is 26.7 Å². The molecule has 26 heavy (non-hydrogen) atoms. The van der Waals surface area contributed by atoms with Crippen LogP contribution in [-0.4, -0.2) is 37.2 Å². The third kappa shape index (κ3) is 3.90. The summed E-state index contributed by atoms with van der Waals surface area (Å²) >= 11 is 1.41. The van der Waals surface area contributed by atoms with Crippen LogP contribution in [0.25, 0.3) is 10.2 Å². The first-order valence-electron chi connectivity index (χ1n) is 7.64. The van der Waals surface area contributed by atoms with Crippen LogP contribution in [0.4, 0.5) is 10.1 Å². The average Bonchev–Trinajstić information content (AvgIpc) is 2.95. The lowest BCUT2D eigenvalue weighted by Crippen LogP contribution is -2.34. The number of benzene rings is 2. The second kappa shape index (κ2) is 7.10. The summed E-state index contributed by atoms with van der Waals surface area (Å²) in [6.07, 6.45) is 0. The number of nitrogens with zero attached hydrogens (tertiary/aromatic N) is 2. The van der Waals surface area contributed by atoms with Crippen molar-refractivity contribution in [1.29, 1.82) is 0 Å². The summed E-state index contributed by atoms with van der Waals surface area (Å²) < 4.78 is 40.0. The molecule has 0 saturated heterocycles. The third-order valence-electron chi connectivity index (χ3n) is 3.67. The van der Waals surface area contributed by atoms with Crippen LogP contribution in [0.15, 0.2) is 47.4 Å². The third-order valence-corrected chi connectivity index (χ3v) is 6.40. The predicted molar refractivity (Wildman–Crippen MR) is 99.2 cm³/mol. The molecule has 0 aliphatic heterocycles. The van der Waals surface area contributed by atoms with Crippen LogP contribution in [0.1, 0.15) is 5.01 Å². The molecule has 2 aromatic carbocycles. The molecule has 136 valence electrons. The minimum absolute atomic E-state index is 0.103. The van der Waals surface area contributed by atoms with Crippen LogP contribution < -0.4 is 5.32 Å². The number of nitrogens with one attached hydrogen (secondary N) is 1. The molecule has 0 unspecified atom stereocenters. The Morgan fingerprint density at radius 1 is 1.23 bits per heavy atom. The smallest absolute Gasteiger partial charge is 0.243 e. The van der Waals surface area contributed by atoms with Gasteiger partial charge in [0, 0.05) is 12.7 Å². The number of aryl methyl sites for hydroxylation is 1. The zero-order valence-corrected chi connectivity index (χ0v) is 15.7. The lowest BCUT2D eigenvalue weighted by molar-refractivity contribution is -0.116. The summed E-state index contributed by atoms with van der Waals surface area (Å²) in [4.78, 5) is 16.5. The van der Waals surface area contributed by atoms with Crippen LogP contribution in [0.3, 0.4) is 0 Å². The van der Waals surface area contributed by atoms with Gasteiger partial charge in [0.1, 0.15) is 5.82 Å². The van der Waals surface area contributed by atoms with E-state index >= 15 is 0 Å². The molecule has 0 radical (unpaired) electrons. The maximum atomic E-state index is 12.9. The second-order valence-electron chi connectivity index (χ2n) is 5.68. The first-order valence-corrected chi connectivity index (χ1v) is 9.90. The largest absolute Gasteiger partial charge is 0.325 e. The maximum absolute atomic E-state index is 12.9. The number of thiazole rings is 1. The number of carbonyl (C=O) groups is 1. The van der Waals surface area contributed by atoms with Crippen molar-refractivity contribution in [2.75, 3.05) is 18.9 Å². The van der Waals surface area contributed by atoms with E-state index in [1.807, 2.05) is 6.92 Å². The van der Waals surface area contributed by atoms with E-state index in [0.717, 1.165) is 19.5 Å². The fourth-order valence-corrected chi connectivity index (χ4v) is 4.48. The summed E-state index contributed by atoms with van der Waals surface area (Å²) in [5.74, 6) is -0.936. The van der Waals surface area contributed by atoms with Crippen LogP contribution in [-0.2, 0) is 14.8 Å². The fraction of sp³-hybridized carbons (Fsp3) is 0.176. The average molecular weight is 393 g/mol. The quantitative estimate of drug-likeness (QED) is 0.723. The van der Waals surface area contributed by atoms with E-state index < -0.39 is 21.7 Å². The van der Waals surface area contributed by atoms with E-state index in [0.29, 0.717) is 5.69 Å². The van der Waals surface area contributed by atoms with Gasteiger partial charge in [0.25, 0.3) is 0 Å². The van der Waals surface area contributed by atoms with Crippen molar-refractivity contribution in [3.63, 3.8) is 0 Å². The Labute approximate surface area is 154 Å². The molecular weight excluding hydrogens is 377 g/mol. The van der Waals surface area contributed by atoms with Crippen LogP contribution in [0.5, 0.6) is 0 Å². The Bertz CT molecular complexity index is 1060. The Hall–Kier alpha value is -2.36. The van der Waals surface area contributed by atoms with Gasteiger partial charge in [0.2, 0.25) is 15.9 Å². The first kappa shape index (κ1) is 18.4. The molecule has 1 amide bonds. The van der Waals surface area contributed by atoms with Gasteiger partial charge in [-0.2, -0.15) is 4.31 Å². The zero-order valence-electron chi connectivity index (χ0n) is 14.1. The summed E-state index contributed by atoms with van der Waals surface area (Å²) in [5, 5.41) is 3.39. The lowest BCUT2D eigenvalue weighted by atomic mass is 10.3. The SMILES string of the molecule is Cc1nc2ccc(S(=O)(=O)N(C)CC(=O)Nc3ccc(F)cc3)cc2s1. The number of likely N-dealkylation sites (N-methyl/N-ethyl adjacent to an activating group) is 1. The predicted octanol–water partition coefficient (Wildman–Crippen LogP) is 3.00. The fourth-order valence-electron chi connectivity index (χ4n) is 2.38. The van der Waals surface area contributed by atoms with Gasteiger partial charge < -0.3 is 5.32 Å². The number of fused-ring (bicyclic) bond motifs is 1. The number of rotatable bonds is 5. The topological polar surface area (TPSA) is 79.4 Å². The Kier molecular flexibility index (Phi) is 5.03. The highest BCUT2D eigenvalue weighted by Gasteiger charge is 2.23. The summed E-state index contributed by atoms with van der Waals surface area (Å²) in [6.45, 7) is 1.49. The van der Waals surface area contributed by atoms with Gasteiger partial charge >= 0.3 is 0 Å². The van der Waals surface area contributed by atoms with Crippen molar-refractivity contribution in [3.05, 3.63) is 53.3 Å². The summed E-state index contributed by atoms with van der Waals surface area (Å²) in [5.41, 5.74) is 1.13. The van der Waals surface area contributed by atoms with Crippen molar-refractivity contribution in [3.8, 4) is 0 Å². The maximum Gasteiger partial charge on any atom is 0.243 e. The number of hydrogen-bond acceptors (Lipinski definition) is 5. The molecule has 0 aliphatic carbocycles.